The number of benzene rings is 2. The van der Waals surface area contributed by atoms with E-state index in [2.05, 4.69) is 5.32 Å². The van der Waals surface area contributed by atoms with Crippen LogP contribution in [0.25, 0.3) is 0 Å². The number of ether oxygens (including phenoxy) is 2. The summed E-state index contributed by atoms with van der Waals surface area (Å²) in [4.78, 5) is 12.6. The predicted molar refractivity (Wildman–Crippen MR) is 111 cm³/mol. The number of sulfonamides is 1. The first-order valence-corrected chi connectivity index (χ1v) is 11.3. The van der Waals surface area contributed by atoms with Crippen molar-refractivity contribution in [2.75, 3.05) is 31.6 Å². The first-order chi connectivity index (χ1) is 15.0. The highest BCUT2D eigenvalue weighted by Crippen LogP contribution is 2.32. The Kier molecular flexibility index (Phi) is 7.11. The Bertz CT molecular complexity index is 1060. The molecule has 1 fully saturated rings. The predicted octanol–water partition coefficient (Wildman–Crippen LogP) is 3.77. The van der Waals surface area contributed by atoms with Crippen LogP contribution in [0.2, 0.25) is 0 Å². The lowest BCUT2D eigenvalue weighted by Gasteiger charge is -2.26. The van der Waals surface area contributed by atoms with E-state index in [4.69, 9.17) is 9.47 Å². The highest BCUT2D eigenvalue weighted by atomic mass is 32.2. The Hall–Kier alpha value is -2.63. The quantitative estimate of drug-likeness (QED) is 0.692. The van der Waals surface area contributed by atoms with E-state index in [0.717, 1.165) is 24.3 Å². The molecular formula is C21H23F3N2O5S. The first kappa shape index (κ1) is 24.0. The number of nitrogens with one attached hydrogen (secondary N) is 1. The molecule has 1 aliphatic heterocycles. The molecular weight excluding hydrogens is 449 g/mol. The summed E-state index contributed by atoms with van der Waals surface area (Å²) in [6.45, 7) is 4.51. The number of amides is 1. The minimum absolute atomic E-state index is 0.0186. The Labute approximate surface area is 184 Å². The lowest BCUT2D eigenvalue weighted by atomic mass is 10.1. The Morgan fingerprint density at radius 3 is 2.28 bits per heavy atom. The van der Waals surface area contributed by atoms with Gasteiger partial charge in [0.2, 0.25) is 10.0 Å². The molecule has 1 amide bonds. The monoisotopic (exact) mass is 472 g/mol. The van der Waals surface area contributed by atoms with Crippen molar-refractivity contribution in [1.29, 1.82) is 0 Å². The number of carbonyl (C=O) groups excluding carboxylic acids is 1. The zero-order valence-corrected chi connectivity index (χ0v) is 18.3. The zero-order chi connectivity index (χ0) is 23.5. The maximum absolute atomic E-state index is 13.0. The summed E-state index contributed by atoms with van der Waals surface area (Å²) in [7, 11) is -3.83. The third kappa shape index (κ3) is 5.59. The molecule has 0 bridgehead atoms. The number of hydrogen-bond donors (Lipinski definition) is 1. The van der Waals surface area contributed by atoms with Crippen LogP contribution in [0.15, 0.2) is 47.4 Å². The smallest absolute Gasteiger partial charge is 0.416 e. The van der Waals surface area contributed by atoms with Crippen LogP contribution in [0, 0.1) is 0 Å². The SMILES string of the molecule is CC(C)Oc1ccc(S(=O)(=O)N2CCOCC2)cc1NC(=O)c1ccc(C(F)(F)F)cc1. The van der Waals surface area contributed by atoms with Crippen molar-refractivity contribution >= 4 is 21.6 Å². The molecule has 1 aliphatic rings. The number of alkyl halides is 3. The normalized spacial score (nSPS) is 15.6. The molecule has 1 heterocycles. The van der Waals surface area contributed by atoms with Gasteiger partial charge in [0.1, 0.15) is 5.75 Å². The second kappa shape index (κ2) is 9.47. The van der Waals surface area contributed by atoms with Gasteiger partial charge >= 0.3 is 6.18 Å². The van der Waals surface area contributed by atoms with E-state index in [1.54, 1.807) is 13.8 Å². The molecule has 0 aromatic heterocycles. The van der Waals surface area contributed by atoms with E-state index >= 15 is 0 Å². The molecule has 0 unspecified atom stereocenters. The van der Waals surface area contributed by atoms with E-state index < -0.39 is 27.7 Å². The van der Waals surface area contributed by atoms with Gasteiger partial charge in [-0.3, -0.25) is 4.79 Å². The summed E-state index contributed by atoms with van der Waals surface area (Å²) in [6.07, 6.45) is -4.78. The highest BCUT2D eigenvalue weighted by Gasteiger charge is 2.30. The summed E-state index contributed by atoms with van der Waals surface area (Å²) in [6, 6.07) is 7.82. The zero-order valence-electron chi connectivity index (χ0n) is 17.5. The summed E-state index contributed by atoms with van der Waals surface area (Å²) in [5.41, 5.74) is -0.802. The Morgan fingerprint density at radius 2 is 1.72 bits per heavy atom. The van der Waals surface area contributed by atoms with Gasteiger partial charge in [-0.25, -0.2) is 8.42 Å². The minimum atomic E-state index is -4.52. The van der Waals surface area contributed by atoms with Gasteiger partial charge in [0.05, 0.1) is 35.5 Å². The lowest BCUT2D eigenvalue weighted by Crippen LogP contribution is -2.40. The fraction of sp³-hybridized carbons (Fsp3) is 0.381. The molecule has 32 heavy (non-hydrogen) atoms. The molecule has 0 spiro atoms. The van der Waals surface area contributed by atoms with Crippen molar-refractivity contribution in [3.63, 3.8) is 0 Å². The number of hydrogen-bond acceptors (Lipinski definition) is 5. The molecule has 3 rings (SSSR count). The van der Waals surface area contributed by atoms with Crippen LogP contribution >= 0.6 is 0 Å². The second-order valence-electron chi connectivity index (χ2n) is 7.37. The van der Waals surface area contributed by atoms with E-state index in [0.29, 0.717) is 0 Å². The molecule has 0 aliphatic carbocycles. The average Bonchev–Trinajstić information content (AvgIpc) is 2.74. The van der Waals surface area contributed by atoms with Crippen molar-refractivity contribution in [1.82, 2.24) is 4.31 Å². The summed E-state index contributed by atoms with van der Waals surface area (Å²) in [5.74, 6) is -0.463. The third-order valence-electron chi connectivity index (χ3n) is 4.64. The number of rotatable bonds is 6. The van der Waals surface area contributed by atoms with Gasteiger partial charge < -0.3 is 14.8 Å². The van der Waals surface area contributed by atoms with Crippen LogP contribution in [0.5, 0.6) is 5.75 Å². The van der Waals surface area contributed by atoms with Gasteiger partial charge in [0.15, 0.2) is 0 Å². The van der Waals surface area contributed by atoms with Gasteiger partial charge in [-0.1, -0.05) is 0 Å². The maximum Gasteiger partial charge on any atom is 0.416 e. The number of carbonyl (C=O) groups is 1. The third-order valence-corrected chi connectivity index (χ3v) is 6.54. The highest BCUT2D eigenvalue weighted by molar-refractivity contribution is 7.89. The summed E-state index contributed by atoms with van der Waals surface area (Å²) in [5, 5.41) is 2.55. The Morgan fingerprint density at radius 1 is 1.09 bits per heavy atom. The summed E-state index contributed by atoms with van der Waals surface area (Å²) < 4.78 is 76.4. The molecule has 2 aromatic carbocycles. The van der Waals surface area contributed by atoms with E-state index in [-0.39, 0.29) is 54.3 Å². The Balaban J connectivity index is 1.90. The minimum Gasteiger partial charge on any atom is -0.489 e. The van der Waals surface area contributed by atoms with Crippen molar-refractivity contribution in [2.24, 2.45) is 0 Å². The van der Waals surface area contributed by atoms with Crippen molar-refractivity contribution in [2.45, 2.75) is 31.0 Å². The standard InChI is InChI=1S/C21H23F3N2O5S/c1-14(2)31-19-8-7-17(32(28,29)26-9-11-30-12-10-26)13-18(19)25-20(27)15-3-5-16(6-4-15)21(22,23)24/h3-8,13-14H,9-12H2,1-2H3,(H,25,27). The van der Waals surface area contributed by atoms with Gasteiger partial charge in [-0.15, -0.1) is 0 Å². The van der Waals surface area contributed by atoms with Crippen LogP contribution < -0.4 is 10.1 Å². The van der Waals surface area contributed by atoms with Gasteiger partial charge in [-0.2, -0.15) is 17.5 Å². The number of anilines is 1. The molecule has 1 saturated heterocycles. The fourth-order valence-electron chi connectivity index (χ4n) is 3.07. The maximum atomic E-state index is 13.0. The molecule has 0 saturated carbocycles. The molecule has 174 valence electrons. The largest absolute Gasteiger partial charge is 0.489 e. The van der Waals surface area contributed by atoms with Crippen LogP contribution in [-0.2, 0) is 20.9 Å². The van der Waals surface area contributed by atoms with Crippen LogP contribution in [-0.4, -0.2) is 51.0 Å². The fourth-order valence-corrected chi connectivity index (χ4v) is 4.50. The topological polar surface area (TPSA) is 84.9 Å². The average molecular weight is 472 g/mol. The molecule has 0 radical (unpaired) electrons. The van der Waals surface area contributed by atoms with Crippen LogP contribution in [0.3, 0.4) is 0 Å². The summed E-state index contributed by atoms with van der Waals surface area (Å²) >= 11 is 0. The van der Waals surface area contributed by atoms with E-state index in [1.807, 2.05) is 0 Å². The number of nitrogens with zero attached hydrogens (tertiary/aromatic N) is 1. The molecule has 2 aromatic rings. The van der Waals surface area contributed by atoms with Crippen LogP contribution in [0.4, 0.5) is 18.9 Å². The molecule has 7 nitrogen and oxygen atoms in total. The van der Waals surface area contributed by atoms with Crippen molar-refractivity contribution in [3.05, 3.63) is 53.6 Å². The van der Waals surface area contributed by atoms with Crippen LogP contribution in [0.1, 0.15) is 29.8 Å². The van der Waals surface area contributed by atoms with Gasteiger partial charge in [0.25, 0.3) is 5.91 Å². The first-order valence-electron chi connectivity index (χ1n) is 9.85. The second-order valence-corrected chi connectivity index (χ2v) is 9.31. The van der Waals surface area contributed by atoms with Gasteiger partial charge in [-0.05, 0) is 56.3 Å². The van der Waals surface area contributed by atoms with Gasteiger partial charge in [0, 0.05) is 18.7 Å². The number of morpholine rings is 1. The number of halogens is 3. The lowest BCUT2D eigenvalue weighted by molar-refractivity contribution is -0.137. The van der Waals surface area contributed by atoms with E-state index in [9.17, 15) is 26.4 Å². The molecule has 0 atom stereocenters. The van der Waals surface area contributed by atoms with E-state index in [1.165, 1.54) is 22.5 Å². The molecule has 1 N–H and O–H groups in total. The van der Waals surface area contributed by atoms with Crippen molar-refractivity contribution < 1.29 is 35.9 Å². The van der Waals surface area contributed by atoms with Crippen molar-refractivity contribution in [3.8, 4) is 5.75 Å². The molecule has 11 heteroatoms.